The van der Waals surface area contributed by atoms with Gasteiger partial charge in [0.05, 0.1) is 33.5 Å². The Bertz CT molecular complexity index is 805. The maximum absolute atomic E-state index is 12.6. The van der Waals surface area contributed by atoms with Crippen LogP contribution in [-0.4, -0.2) is 84.8 Å². The van der Waals surface area contributed by atoms with E-state index in [9.17, 15) is 18.0 Å². The Morgan fingerprint density at radius 3 is 2.74 bits per heavy atom. The van der Waals surface area contributed by atoms with Gasteiger partial charge in [-0.2, -0.15) is 13.2 Å². The Morgan fingerprint density at radius 1 is 1.39 bits per heavy atom. The molecule has 0 bridgehead atoms. The van der Waals surface area contributed by atoms with Gasteiger partial charge in [0.2, 0.25) is 11.8 Å². The Hall–Kier alpha value is -2.67. The number of aromatic nitrogens is 2. The molecule has 0 aromatic carbocycles. The van der Waals surface area contributed by atoms with E-state index >= 15 is 0 Å². The molecule has 0 unspecified atom stereocenters. The number of hydrogen-bond acceptors (Lipinski definition) is 8. The summed E-state index contributed by atoms with van der Waals surface area (Å²) in [6.45, 7) is 4.19. The van der Waals surface area contributed by atoms with Crippen molar-refractivity contribution in [1.29, 1.82) is 0 Å². The van der Waals surface area contributed by atoms with Gasteiger partial charge in [0.1, 0.15) is 12.1 Å². The lowest BCUT2D eigenvalue weighted by molar-refractivity contribution is -0.192. The number of amides is 1. The lowest BCUT2D eigenvalue weighted by Crippen LogP contribution is -2.38. The van der Waals surface area contributed by atoms with E-state index in [1.807, 2.05) is 6.07 Å². The molecule has 1 amide bonds. The van der Waals surface area contributed by atoms with Crippen molar-refractivity contribution in [2.45, 2.75) is 19.0 Å². The molecule has 0 spiro atoms. The van der Waals surface area contributed by atoms with Gasteiger partial charge in [-0.15, -0.1) is 0 Å². The van der Waals surface area contributed by atoms with Crippen LogP contribution in [0.2, 0.25) is 0 Å². The maximum Gasteiger partial charge on any atom is 0.490 e. The van der Waals surface area contributed by atoms with Crippen molar-refractivity contribution in [2.75, 3.05) is 51.5 Å². The SMILES string of the molecule is COc1cc(N2C[C@@H]3COC[C@]3(CC(=O)N3CCCO3)C2)ncn1.O=C(O)C(F)(F)F. The number of carbonyl (C=O) groups excluding carboxylic acids is 1. The van der Waals surface area contributed by atoms with Gasteiger partial charge < -0.3 is 19.5 Å². The van der Waals surface area contributed by atoms with Crippen LogP contribution in [0.4, 0.5) is 19.0 Å². The summed E-state index contributed by atoms with van der Waals surface area (Å²) in [5, 5.41) is 8.64. The zero-order valence-corrected chi connectivity index (χ0v) is 16.8. The van der Waals surface area contributed by atoms with E-state index < -0.39 is 12.1 Å². The first-order chi connectivity index (χ1) is 14.6. The van der Waals surface area contributed by atoms with E-state index in [1.165, 1.54) is 11.4 Å². The number of ether oxygens (including phenoxy) is 2. The van der Waals surface area contributed by atoms with Crippen LogP contribution in [0.5, 0.6) is 5.88 Å². The average Bonchev–Trinajstić information content (AvgIpc) is 3.43. The molecule has 172 valence electrons. The Labute approximate surface area is 175 Å². The molecule has 3 aliphatic rings. The molecule has 3 saturated heterocycles. The lowest BCUT2D eigenvalue weighted by Gasteiger charge is -2.28. The molecule has 4 heterocycles. The van der Waals surface area contributed by atoms with Gasteiger partial charge in [0.15, 0.2) is 0 Å². The molecule has 0 aliphatic carbocycles. The number of carboxylic acid groups (broad SMARTS) is 1. The Balaban J connectivity index is 0.000000339. The van der Waals surface area contributed by atoms with Crippen LogP contribution in [0.15, 0.2) is 12.4 Å². The van der Waals surface area contributed by atoms with Crippen LogP contribution < -0.4 is 9.64 Å². The topological polar surface area (TPSA) is 114 Å². The second kappa shape index (κ2) is 9.22. The van der Waals surface area contributed by atoms with Crippen LogP contribution >= 0.6 is 0 Å². The van der Waals surface area contributed by atoms with Gasteiger partial charge in [-0.3, -0.25) is 9.63 Å². The van der Waals surface area contributed by atoms with Gasteiger partial charge in [0, 0.05) is 36.9 Å². The molecule has 1 aromatic heterocycles. The summed E-state index contributed by atoms with van der Waals surface area (Å²) in [5.74, 6) is -0.993. The molecule has 3 fully saturated rings. The smallest absolute Gasteiger partial charge is 0.481 e. The highest BCUT2D eigenvalue weighted by Crippen LogP contribution is 2.45. The van der Waals surface area contributed by atoms with E-state index in [1.54, 1.807) is 7.11 Å². The quantitative estimate of drug-likeness (QED) is 0.724. The van der Waals surface area contributed by atoms with Gasteiger partial charge in [-0.05, 0) is 6.42 Å². The van der Waals surface area contributed by atoms with Crippen molar-refractivity contribution in [2.24, 2.45) is 11.3 Å². The minimum absolute atomic E-state index is 0.0603. The normalized spacial score (nSPS) is 25.1. The van der Waals surface area contributed by atoms with Crippen LogP contribution in [0.3, 0.4) is 0 Å². The fourth-order valence-electron chi connectivity index (χ4n) is 3.90. The number of halogens is 3. The molecule has 1 aromatic rings. The first kappa shape index (κ1) is 23.0. The van der Waals surface area contributed by atoms with E-state index in [2.05, 4.69) is 14.9 Å². The van der Waals surface area contributed by atoms with Crippen molar-refractivity contribution in [3.8, 4) is 5.88 Å². The van der Waals surface area contributed by atoms with E-state index in [0.29, 0.717) is 44.6 Å². The standard InChI is InChI=1S/C16H22N4O4.C2HF3O2/c1-22-14-5-13(17-11-18-14)19-7-12-8-23-10-16(12,9-19)6-15(21)20-3-2-4-24-20;3-2(4,5)1(6)7/h5,11-12H,2-4,6-10H2,1H3;(H,6,7)/t12-,16+;/m1./s1. The molecular weight excluding hydrogens is 425 g/mol. The monoisotopic (exact) mass is 448 g/mol. The number of fused-ring (bicyclic) bond motifs is 1. The second-order valence-electron chi connectivity index (χ2n) is 7.54. The van der Waals surface area contributed by atoms with E-state index in [-0.39, 0.29) is 11.3 Å². The molecular formula is C18H23F3N4O6. The van der Waals surface area contributed by atoms with Crippen molar-refractivity contribution in [3.63, 3.8) is 0 Å². The number of carbonyl (C=O) groups is 2. The van der Waals surface area contributed by atoms with E-state index in [0.717, 1.165) is 25.3 Å². The summed E-state index contributed by atoms with van der Waals surface area (Å²) < 4.78 is 42.6. The summed E-state index contributed by atoms with van der Waals surface area (Å²) in [4.78, 5) is 37.5. The number of alkyl halides is 3. The van der Waals surface area contributed by atoms with Gasteiger partial charge >= 0.3 is 12.1 Å². The average molecular weight is 448 g/mol. The van der Waals surface area contributed by atoms with Crippen molar-refractivity contribution < 1.29 is 42.2 Å². The zero-order valence-electron chi connectivity index (χ0n) is 16.8. The fraction of sp³-hybridized carbons (Fsp3) is 0.667. The van der Waals surface area contributed by atoms with E-state index in [4.69, 9.17) is 24.2 Å². The summed E-state index contributed by atoms with van der Waals surface area (Å²) in [6.07, 6.45) is -2.21. The van der Waals surface area contributed by atoms with Crippen LogP contribution in [0.1, 0.15) is 12.8 Å². The fourth-order valence-corrected chi connectivity index (χ4v) is 3.90. The number of nitrogens with zero attached hydrogens (tertiary/aromatic N) is 4. The number of aliphatic carboxylic acids is 1. The first-order valence-electron chi connectivity index (χ1n) is 9.57. The van der Waals surface area contributed by atoms with Crippen molar-refractivity contribution in [3.05, 3.63) is 12.4 Å². The Morgan fingerprint density at radius 2 is 2.13 bits per heavy atom. The molecule has 1 N–H and O–H groups in total. The summed E-state index contributed by atoms with van der Waals surface area (Å²) in [5.41, 5.74) is -0.165. The number of anilines is 1. The highest BCUT2D eigenvalue weighted by Gasteiger charge is 2.52. The number of hydroxylamine groups is 2. The predicted octanol–water partition coefficient (Wildman–Crippen LogP) is 1.13. The molecule has 0 radical (unpaired) electrons. The van der Waals surface area contributed by atoms with Crippen molar-refractivity contribution in [1.82, 2.24) is 15.0 Å². The number of hydrogen-bond donors (Lipinski definition) is 1. The lowest BCUT2D eigenvalue weighted by atomic mass is 9.78. The molecule has 13 heteroatoms. The predicted molar refractivity (Wildman–Crippen MR) is 98.1 cm³/mol. The highest BCUT2D eigenvalue weighted by molar-refractivity contribution is 5.76. The second-order valence-corrected chi connectivity index (χ2v) is 7.54. The van der Waals surface area contributed by atoms with Crippen molar-refractivity contribution >= 4 is 17.7 Å². The molecule has 0 saturated carbocycles. The zero-order chi connectivity index (χ0) is 22.6. The first-order valence-corrected chi connectivity index (χ1v) is 9.57. The molecule has 31 heavy (non-hydrogen) atoms. The third-order valence-corrected chi connectivity index (χ3v) is 5.46. The van der Waals surface area contributed by atoms with Gasteiger partial charge in [-0.1, -0.05) is 0 Å². The summed E-state index contributed by atoms with van der Waals surface area (Å²) in [6, 6.07) is 1.83. The molecule has 10 nitrogen and oxygen atoms in total. The Kier molecular flexibility index (Phi) is 6.84. The van der Waals surface area contributed by atoms with Gasteiger partial charge in [-0.25, -0.2) is 19.8 Å². The maximum atomic E-state index is 12.6. The largest absolute Gasteiger partial charge is 0.490 e. The number of carboxylic acids is 1. The number of rotatable bonds is 4. The highest BCUT2D eigenvalue weighted by atomic mass is 19.4. The minimum atomic E-state index is -5.08. The minimum Gasteiger partial charge on any atom is -0.481 e. The third-order valence-electron chi connectivity index (χ3n) is 5.46. The molecule has 3 aliphatic heterocycles. The van der Waals surface area contributed by atoms with Crippen LogP contribution in [-0.2, 0) is 19.2 Å². The number of methoxy groups -OCH3 is 1. The van der Waals surface area contributed by atoms with Crippen LogP contribution in [0.25, 0.3) is 0 Å². The summed E-state index contributed by atoms with van der Waals surface area (Å²) in [7, 11) is 1.59. The molecule has 4 rings (SSSR count). The van der Waals surface area contributed by atoms with Crippen LogP contribution in [0, 0.1) is 11.3 Å². The molecule has 2 atom stereocenters. The van der Waals surface area contributed by atoms with Gasteiger partial charge in [0.25, 0.3) is 0 Å². The summed E-state index contributed by atoms with van der Waals surface area (Å²) >= 11 is 0. The third kappa shape index (κ3) is 5.34.